The van der Waals surface area contributed by atoms with Crippen LogP contribution in [-0.4, -0.2) is 56.6 Å². The Bertz CT molecular complexity index is 1130. The van der Waals surface area contributed by atoms with E-state index in [0.29, 0.717) is 17.4 Å². The number of nitrogens with one attached hydrogen (secondary N) is 1. The molecular weight excluding hydrogens is 490 g/mol. The molecule has 35 heavy (non-hydrogen) atoms. The Hall–Kier alpha value is -2.78. The lowest BCUT2D eigenvalue weighted by Crippen LogP contribution is -2.52. The van der Waals surface area contributed by atoms with Crippen LogP contribution in [0.25, 0.3) is 0 Å². The molecule has 2 atom stereocenters. The molecule has 0 aromatic heterocycles. The van der Waals surface area contributed by atoms with Crippen molar-refractivity contribution in [2.24, 2.45) is 0 Å². The SMILES string of the molecule is CCOc1ccccc1N(CC(=O)N(Cc1cccc(Cl)c1)C(C)C(=O)NC(C)CC)S(C)(=O)=O. The summed E-state index contributed by atoms with van der Waals surface area (Å²) < 4.78 is 32.1. The van der Waals surface area contributed by atoms with Crippen molar-refractivity contribution in [2.45, 2.75) is 52.7 Å². The van der Waals surface area contributed by atoms with Gasteiger partial charge in [0.25, 0.3) is 0 Å². The smallest absolute Gasteiger partial charge is 0.244 e. The third kappa shape index (κ3) is 8.14. The van der Waals surface area contributed by atoms with Crippen molar-refractivity contribution in [1.29, 1.82) is 0 Å². The van der Waals surface area contributed by atoms with Crippen LogP contribution in [0.15, 0.2) is 48.5 Å². The minimum Gasteiger partial charge on any atom is -0.492 e. The van der Waals surface area contributed by atoms with Crippen molar-refractivity contribution in [3.63, 3.8) is 0 Å². The second-order valence-corrected chi connectivity index (χ2v) is 10.7. The Morgan fingerprint density at radius 2 is 1.77 bits per heavy atom. The monoisotopic (exact) mass is 523 g/mol. The minimum absolute atomic E-state index is 0.0707. The summed E-state index contributed by atoms with van der Waals surface area (Å²) in [5.74, 6) is -0.513. The molecule has 1 N–H and O–H groups in total. The topological polar surface area (TPSA) is 96.0 Å². The number of benzene rings is 2. The Morgan fingerprint density at radius 3 is 2.37 bits per heavy atom. The molecule has 0 fully saturated rings. The first kappa shape index (κ1) is 28.5. The molecule has 0 aliphatic carbocycles. The van der Waals surface area contributed by atoms with Crippen molar-refractivity contribution < 1.29 is 22.7 Å². The first-order valence-corrected chi connectivity index (χ1v) is 13.7. The fourth-order valence-electron chi connectivity index (χ4n) is 3.42. The van der Waals surface area contributed by atoms with Gasteiger partial charge in [0, 0.05) is 17.6 Å². The first-order chi connectivity index (χ1) is 16.5. The summed E-state index contributed by atoms with van der Waals surface area (Å²) in [6.45, 7) is 7.16. The van der Waals surface area contributed by atoms with Crippen molar-refractivity contribution >= 4 is 39.1 Å². The molecule has 192 valence electrons. The number of carbonyl (C=O) groups excluding carboxylic acids is 2. The van der Waals surface area contributed by atoms with Gasteiger partial charge in [-0.15, -0.1) is 0 Å². The number of hydrogen-bond acceptors (Lipinski definition) is 5. The van der Waals surface area contributed by atoms with Crippen LogP contribution in [0.5, 0.6) is 5.75 Å². The van der Waals surface area contributed by atoms with Crippen LogP contribution in [-0.2, 0) is 26.2 Å². The number of sulfonamides is 1. The number of para-hydroxylation sites is 2. The Morgan fingerprint density at radius 1 is 1.09 bits per heavy atom. The highest BCUT2D eigenvalue weighted by molar-refractivity contribution is 7.92. The van der Waals surface area contributed by atoms with E-state index in [9.17, 15) is 18.0 Å². The number of carbonyl (C=O) groups is 2. The van der Waals surface area contributed by atoms with Gasteiger partial charge in [0.05, 0.1) is 18.6 Å². The van der Waals surface area contributed by atoms with Gasteiger partial charge in [0.2, 0.25) is 21.8 Å². The standard InChI is InChI=1S/C25H34ClN3O5S/c1-6-18(3)27-25(31)19(4)28(16-20-11-10-12-21(26)15-20)24(30)17-29(35(5,32)33)22-13-8-9-14-23(22)34-7-2/h8-15,18-19H,6-7,16-17H2,1-5H3,(H,27,31). The van der Waals surface area contributed by atoms with Gasteiger partial charge < -0.3 is 15.0 Å². The maximum atomic E-state index is 13.6. The van der Waals surface area contributed by atoms with Crippen LogP contribution >= 0.6 is 11.6 Å². The lowest BCUT2D eigenvalue weighted by atomic mass is 10.1. The summed E-state index contributed by atoms with van der Waals surface area (Å²) in [5, 5.41) is 3.39. The minimum atomic E-state index is -3.85. The molecule has 8 nitrogen and oxygen atoms in total. The zero-order valence-corrected chi connectivity index (χ0v) is 22.4. The summed E-state index contributed by atoms with van der Waals surface area (Å²) in [6.07, 6.45) is 1.76. The van der Waals surface area contributed by atoms with E-state index in [2.05, 4.69) is 5.32 Å². The van der Waals surface area contributed by atoms with Gasteiger partial charge in [0.15, 0.2) is 0 Å². The van der Waals surface area contributed by atoms with E-state index >= 15 is 0 Å². The van der Waals surface area contributed by atoms with Gasteiger partial charge in [-0.25, -0.2) is 8.42 Å². The molecule has 0 saturated heterocycles. The fourth-order valence-corrected chi connectivity index (χ4v) is 4.48. The van der Waals surface area contributed by atoms with Crippen LogP contribution in [0.2, 0.25) is 5.02 Å². The maximum Gasteiger partial charge on any atom is 0.244 e. The summed E-state index contributed by atoms with van der Waals surface area (Å²) in [5.41, 5.74) is 0.972. The van der Waals surface area contributed by atoms with Crippen LogP contribution in [0.3, 0.4) is 0 Å². The molecule has 2 rings (SSSR count). The van der Waals surface area contributed by atoms with E-state index in [4.69, 9.17) is 16.3 Å². The van der Waals surface area contributed by atoms with Gasteiger partial charge in [-0.3, -0.25) is 13.9 Å². The van der Waals surface area contributed by atoms with Gasteiger partial charge in [-0.1, -0.05) is 42.8 Å². The van der Waals surface area contributed by atoms with Crippen molar-refractivity contribution in [1.82, 2.24) is 10.2 Å². The molecule has 0 aliphatic rings. The summed E-state index contributed by atoms with van der Waals surface area (Å²) in [7, 11) is -3.85. The second-order valence-electron chi connectivity index (χ2n) is 8.32. The highest BCUT2D eigenvalue weighted by Gasteiger charge is 2.31. The molecular formula is C25H34ClN3O5S. The zero-order valence-electron chi connectivity index (χ0n) is 20.8. The fraction of sp³-hybridized carbons (Fsp3) is 0.440. The number of amides is 2. The largest absolute Gasteiger partial charge is 0.492 e. The average molecular weight is 524 g/mol. The number of rotatable bonds is 12. The van der Waals surface area contributed by atoms with E-state index in [-0.39, 0.29) is 24.2 Å². The Balaban J connectivity index is 2.43. The summed E-state index contributed by atoms with van der Waals surface area (Å²) in [4.78, 5) is 27.9. The van der Waals surface area contributed by atoms with Crippen molar-refractivity contribution in [3.8, 4) is 5.75 Å². The van der Waals surface area contributed by atoms with E-state index < -0.39 is 28.5 Å². The maximum absolute atomic E-state index is 13.6. The predicted octanol–water partition coefficient (Wildman–Crippen LogP) is 3.84. The average Bonchev–Trinajstić information content (AvgIpc) is 2.80. The van der Waals surface area contributed by atoms with Crippen LogP contribution in [0.4, 0.5) is 5.69 Å². The summed E-state index contributed by atoms with van der Waals surface area (Å²) >= 11 is 6.12. The number of hydrogen-bond donors (Lipinski definition) is 1. The van der Waals surface area contributed by atoms with E-state index in [0.717, 1.165) is 22.5 Å². The van der Waals surface area contributed by atoms with Crippen molar-refractivity contribution in [2.75, 3.05) is 23.7 Å². The van der Waals surface area contributed by atoms with E-state index in [1.165, 1.54) is 4.90 Å². The lowest BCUT2D eigenvalue weighted by molar-refractivity contribution is -0.139. The first-order valence-electron chi connectivity index (χ1n) is 11.5. The molecule has 2 aromatic rings. The van der Waals surface area contributed by atoms with Crippen LogP contribution in [0, 0.1) is 0 Å². The molecule has 2 aromatic carbocycles. The highest BCUT2D eigenvalue weighted by atomic mass is 35.5. The van der Waals surface area contributed by atoms with E-state index in [1.807, 2.05) is 13.8 Å². The Labute approximate surface area is 213 Å². The molecule has 0 bridgehead atoms. The molecule has 0 heterocycles. The second kappa shape index (κ2) is 12.8. The van der Waals surface area contributed by atoms with Gasteiger partial charge in [0.1, 0.15) is 18.3 Å². The lowest BCUT2D eigenvalue weighted by Gasteiger charge is -2.32. The molecule has 0 saturated carbocycles. The summed E-state index contributed by atoms with van der Waals surface area (Å²) in [6, 6.07) is 12.7. The predicted molar refractivity (Wildman–Crippen MR) is 139 cm³/mol. The highest BCUT2D eigenvalue weighted by Crippen LogP contribution is 2.30. The van der Waals surface area contributed by atoms with Gasteiger partial charge in [-0.2, -0.15) is 0 Å². The molecule has 2 amide bonds. The number of nitrogens with zero attached hydrogens (tertiary/aromatic N) is 2. The van der Waals surface area contributed by atoms with Crippen LogP contribution < -0.4 is 14.4 Å². The Kier molecular flexibility index (Phi) is 10.4. The number of halogens is 1. The van der Waals surface area contributed by atoms with Gasteiger partial charge in [-0.05, 0) is 57.0 Å². The molecule has 2 unspecified atom stereocenters. The number of ether oxygens (including phenoxy) is 1. The quantitative estimate of drug-likeness (QED) is 0.456. The zero-order chi connectivity index (χ0) is 26.2. The van der Waals surface area contributed by atoms with Crippen LogP contribution in [0.1, 0.15) is 39.7 Å². The number of anilines is 1. The van der Waals surface area contributed by atoms with E-state index in [1.54, 1.807) is 62.4 Å². The molecule has 0 aliphatic heterocycles. The molecule has 0 spiro atoms. The molecule has 0 radical (unpaired) electrons. The normalized spacial score (nSPS) is 13.0. The van der Waals surface area contributed by atoms with Gasteiger partial charge >= 0.3 is 0 Å². The van der Waals surface area contributed by atoms with Crippen molar-refractivity contribution in [3.05, 3.63) is 59.1 Å². The third-order valence-electron chi connectivity index (χ3n) is 5.52. The third-order valence-corrected chi connectivity index (χ3v) is 6.88. The molecule has 10 heteroatoms.